The van der Waals surface area contributed by atoms with Crippen LogP contribution < -0.4 is 0 Å². The van der Waals surface area contributed by atoms with E-state index in [1.54, 1.807) is 18.2 Å². The topological polar surface area (TPSA) is 50.3 Å². The first-order valence-electron chi connectivity index (χ1n) is 5.71. The fraction of sp³-hybridized carbons (Fsp3) is 0.154. The molecule has 0 aliphatic carbocycles. The van der Waals surface area contributed by atoms with Gasteiger partial charge in [0.25, 0.3) is 0 Å². The van der Waals surface area contributed by atoms with Crippen LogP contribution in [0.2, 0.25) is 5.02 Å². The summed E-state index contributed by atoms with van der Waals surface area (Å²) in [5, 5.41) is 0.543. The quantitative estimate of drug-likeness (QED) is 0.823. The molecule has 0 radical (unpaired) electrons. The molecular weight excluding hydrogens is 364 g/mol. The third-order valence-electron chi connectivity index (χ3n) is 2.74. The molecule has 1 aromatic carbocycles. The molecule has 2 aromatic rings. The Morgan fingerprint density at radius 2 is 2.00 bits per heavy atom. The third kappa shape index (κ3) is 3.38. The Kier molecular flexibility index (Phi) is 4.80. The molecule has 106 valence electrons. The Morgan fingerprint density at radius 3 is 2.65 bits per heavy atom. The second-order valence-corrected chi connectivity index (χ2v) is 7.56. The molecule has 0 bridgehead atoms. The van der Waals surface area contributed by atoms with Gasteiger partial charge in [-0.3, -0.25) is 4.98 Å². The molecule has 2 rings (SSSR count). The minimum atomic E-state index is -3.59. The summed E-state index contributed by atoms with van der Waals surface area (Å²) in [5.74, 6) is 0. The molecule has 7 heteroatoms. The highest BCUT2D eigenvalue weighted by Crippen LogP contribution is 2.22. The molecule has 1 aromatic heterocycles. The van der Waals surface area contributed by atoms with Crippen LogP contribution >= 0.6 is 27.5 Å². The number of aromatic nitrogens is 1. The van der Waals surface area contributed by atoms with Gasteiger partial charge < -0.3 is 0 Å². The summed E-state index contributed by atoms with van der Waals surface area (Å²) in [7, 11) is -2.08. The molecule has 1 heterocycles. The van der Waals surface area contributed by atoms with Crippen LogP contribution in [0.15, 0.2) is 52.1 Å². The van der Waals surface area contributed by atoms with Crippen LogP contribution in [0.4, 0.5) is 0 Å². The van der Waals surface area contributed by atoms with Crippen molar-refractivity contribution in [3.8, 4) is 0 Å². The molecule has 0 fully saturated rings. The van der Waals surface area contributed by atoms with Gasteiger partial charge in [0.2, 0.25) is 10.0 Å². The maximum atomic E-state index is 12.4. The van der Waals surface area contributed by atoms with Crippen LogP contribution in [-0.4, -0.2) is 24.8 Å². The number of hydrogen-bond donors (Lipinski definition) is 0. The Morgan fingerprint density at radius 1 is 1.30 bits per heavy atom. The maximum Gasteiger partial charge on any atom is 0.244 e. The van der Waals surface area contributed by atoms with Crippen LogP contribution in [-0.2, 0) is 16.6 Å². The number of halogens is 2. The van der Waals surface area contributed by atoms with Gasteiger partial charge in [0.15, 0.2) is 0 Å². The predicted molar refractivity (Wildman–Crippen MR) is 82.0 cm³/mol. The van der Waals surface area contributed by atoms with Gasteiger partial charge in [0, 0.05) is 35.5 Å². The molecule has 0 spiro atoms. The number of nitrogens with zero attached hydrogens (tertiary/aromatic N) is 2. The molecule has 4 nitrogen and oxygen atoms in total. The van der Waals surface area contributed by atoms with Crippen molar-refractivity contribution >= 4 is 37.6 Å². The van der Waals surface area contributed by atoms with Crippen molar-refractivity contribution in [2.45, 2.75) is 11.4 Å². The number of rotatable bonds is 4. The van der Waals surface area contributed by atoms with Crippen molar-refractivity contribution in [2.24, 2.45) is 0 Å². The van der Waals surface area contributed by atoms with Crippen molar-refractivity contribution in [2.75, 3.05) is 7.05 Å². The highest BCUT2D eigenvalue weighted by atomic mass is 79.9. The molecule has 0 amide bonds. The van der Waals surface area contributed by atoms with Gasteiger partial charge in [-0.25, -0.2) is 8.42 Å². The second kappa shape index (κ2) is 6.22. The lowest BCUT2D eigenvalue weighted by molar-refractivity contribution is 0.466. The van der Waals surface area contributed by atoms with Crippen molar-refractivity contribution in [3.63, 3.8) is 0 Å². The van der Waals surface area contributed by atoms with Gasteiger partial charge in [-0.05, 0) is 33.6 Å². The predicted octanol–water partition coefficient (Wildman–Crippen LogP) is 3.32. The molecular formula is C13H12BrClN2O2S. The van der Waals surface area contributed by atoms with Gasteiger partial charge in [0.05, 0.1) is 0 Å². The monoisotopic (exact) mass is 374 g/mol. The average Bonchev–Trinajstić information content (AvgIpc) is 2.41. The van der Waals surface area contributed by atoms with Gasteiger partial charge in [-0.15, -0.1) is 0 Å². The fourth-order valence-corrected chi connectivity index (χ4v) is 3.52. The molecule has 0 saturated heterocycles. The summed E-state index contributed by atoms with van der Waals surface area (Å²) < 4.78 is 26.7. The lowest BCUT2D eigenvalue weighted by Gasteiger charge is -2.17. The zero-order valence-electron chi connectivity index (χ0n) is 10.6. The standard InChI is InChI=1S/C13H12BrClN2O2S/c1-17(9-10-4-2-3-5-13(10)15)20(18,19)12-6-11(14)7-16-8-12/h2-8H,9H2,1H3. The van der Waals surface area contributed by atoms with E-state index in [0.717, 1.165) is 5.56 Å². The molecule has 0 saturated carbocycles. The lowest BCUT2D eigenvalue weighted by Crippen LogP contribution is -2.26. The van der Waals surface area contributed by atoms with Gasteiger partial charge in [0.1, 0.15) is 4.90 Å². The minimum Gasteiger partial charge on any atom is -0.262 e. The number of benzene rings is 1. The van der Waals surface area contributed by atoms with Crippen LogP contribution in [0.1, 0.15) is 5.56 Å². The van der Waals surface area contributed by atoms with E-state index in [2.05, 4.69) is 20.9 Å². The summed E-state index contributed by atoms with van der Waals surface area (Å²) >= 11 is 9.26. The van der Waals surface area contributed by atoms with Crippen LogP contribution in [0.25, 0.3) is 0 Å². The normalized spacial score (nSPS) is 11.8. The van der Waals surface area contributed by atoms with E-state index >= 15 is 0 Å². The first-order valence-corrected chi connectivity index (χ1v) is 8.32. The second-order valence-electron chi connectivity index (χ2n) is 4.19. The largest absolute Gasteiger partial charge is 0.262 e. The molecule has 0 unspecified atom stereocenters. The molecule has 0 aliphatic rings. The zero-order chi connectivity index (χ0) is 14.8. The van der Waals surface area contributed by atoms with E-state index in [4.69, 9.17) is 11.6 Å². The maximum absolute atomic E-state index is 12.4. The Balaban J connectivity index is 2.29. The van der Waals surface area contributed by atoms with E-state index in [1.807, 2.05) is 6.07 Å². The third-order valence-corrected chi connectivity index (χ3v) is 5.31. The highest BCUT2D eigenvalue weighted by Gasteiger charge is 2.22. The first-order chi connectivity index (χ1) is 9.41. The summed E-state index contributed by atoms with van der Waals surface area (Å²) in [6.45, 7) is 0.203. The first kappa shape index (κ1) is 15.4. The zero-order valence-corrected chi connectivity index (χ0v) is 13.8. The van der Waals surface area contributed by atoms with Crippen LogP contribution in [0, 0.1) is 0 Å². The Bertz CT molecular complexity index is 722. The smallest absolute Gasteiger partial charge is 0.244 e. The van der Waals surface area contributed by atoms with Crippen molar-refractivity contribution in [3.05, 3.63) is 57.8 Å². The molecule has 20 heavy (non-hydrogen) atoms. The van der Waals surface area contributed by atoms with E-state index in [9.17, 15) is 8.42 Å². The van der Waals surface area contributed by atoms with E-state index < -0.39 is 10.0 Å². The molecule has 0 N–H and O–H groups in total. The van der Waals surface area contributed by atoms with Gasteiger partial charge >= 0.3 is 0 Å². The number of hydrogen-bond acceptors (Lipinski definition) is 3. The summed E-state index contributed by atoms with van der Waals surface area (Å²) in [6.07, 6.45) is 2.86. The number of sulfonamides is 1. The lowest BCUT2D eigenvalue weighted by atomic mass is 10.2. The minimum absolute atomic E-state index is 0.140. The van der Waals surface area contributed by atoms with Crippen molar-refractivity contribution < 1.29 is 8.42 Å². The average molecular weight is 376 g/mol. The number of pyridine rings is 1. The van der Waals surface area contributed by atoms with E-state index in [1.165, 1.54) is 29.8 Å². The molecule has 0 aliphatic heterocycles. The molecule has 0 atom stereocenters. The SMILES string of the molecule is CN(Cc1ccccc1Cl)S(=O)(=O)c1cncc(Br)c1. The van der Waals surface area contributed by atoms with Crippen molar-refractivity contribution in [1.29, 1.82) is 0 Å². The van der Waals surface area contributed by atoms with Crippen LogP contribution in [0.3, 0.4) is 0 Å². The van der Waals surface area contributed by atoms with E-state index in [0.29, 0.717) is 9.50 Å². The Labute approximate surface area is 131 Å². The fourth-order valence-electron chi connectivity index (χ4n) is 1.66. The Hall–Kier alpha value is -0.950. The van der Waals surface area contributed by atoms with E-state index in [-0.39, 0.29) is 11.4 Å². The highest BCUT2D eigenvalue weighted by molar-refractivity contribution is 9.10. The van der Waals surface area contributed by atoms with Crippen molar-refractivity contribution in [1.82, 2.24) is 9.29 Å². The van der Waals surface area contributed by atoms with Crippen LogP contribution in [0.5, 0.6) is 0 Å². The summed E-state index contributed by atoms with van der Waals surface area (Å²) in [4.78, 5) is 4.02. The summed E-state index contributed by atoms with van der Waals surface area (Å²) in [6, 6.07) is 8.68. The summed E-state index contributed by atoms with van der Waals surface area (Å²) in [5.41, 5.74) is 0.753. The van der Waals surface area contributed by atoms with Gasteiger partial charge in [-0.1, -0.05) is 29.8 Å². The van der Waals surface area contributed by atoms with Gasteiger partial charge in [-0.2, -0.15) is 4.31 Å².